The van der Waals surface area contributed by atoms with Gasteiger partial charge in [0.1, 0.15) is 0 Å². The summed E-state index contributed by atoms with van der Waals surface area (Å²) in [4.78, 5) is 0. The molecule has 2 aromatic rings. The van der Waals surface area contributed by atoms with Crippen LogP contribution in [0.2, 0.25) is 0 Å². The van der Waals surface area contributed by atoms with Crippen molar-refractivity contribution < 1.29 is 13.2 Å². The van der Waals surface area contributed by atoms with Gasteiger partial charge in [-0.1, -0.05) is 28.1 Å². The standard InChI is InChI=1S/C10H4BrF3/c11-7-3-1-2-5-6(7)4-8(12)10(14)9(5)13/h1-4H. The van der Waals surface area contributed by atoms with Crippen LogP contribution >= 0.6 is 15.9 Å². The molecule has 4 heteroatoms. The van der Waals surface area contributed by atoms with Gasteiger partial charge in [0.05, 0.1) is 0 Å². The third kappa shape index (κ3) is 1.30. The predicted octanol–water partition coefficient (Wildman–Crippen LogP) is 4.02. The van der Waals surface area contributed by atoms with Gasteiger partial charge in [-0.15, -0.1) is 0 Å². The van der Waals surface area contributed by atoms with Crippen LogP contribution in [0.1, 0.15) is 0 Å². The van der Waals surface area contributed by atoms with E-state index in [0.717, 1.165) is 6.07 Å². The lowest BCUT2D eigenvalue weighted by Gasteiger charge is -2.03. The first-order valence-electron chi connectivity index (χ1n) is 3.83. The molecule has 0 unspecified atom stereocenters. The predicted molar refractivity (Wildman–Crippen MR) is 51.5 cm³/mol. The molecule has 0 radical (unpaired) electrons. The van der Waals surface area contributed by atoms with Crippen LogP contribution in [-0.2, 0) is 0 Å². The minimum absolute atomic E-state index is 0.0678. The van der Waals surface area contributed by atoms with Crippen LogP contribution in [0, 0.1) is 17.5 Å². The number of hydrogen-bond acceptors (Lipinski definition) is 0. The van der Waals surface area contributed by atoms with Gasteiger partial charge in [-0.3, -0.25) is 0 Å². The third-order valence-electron chi connectivity index (χ3n) is 1.96. The van der Waals surface area contributed by atoms with E-state index in [-0.39, 0.29) is 5.39 Å². The Morgan fingerprint density at radius 2 is 1.64 bits per heavy atom. The lowest BCUT2D eigenvalue weighted by Crippen LogP contribution is -1.92. The first-order chi connectivity index (χ1) is 6.61. The molecule has 72 valence electrons. The first kappa shape index (κ1) is 9.52. The van der Waals surface area contributed by atoms with Crippen molar-refractivity contribution in [2.45, 2.75) is 0 Å². The fourth-order valence-corrected chi connectivity index (χ4v) is 1.77. The average Bonchev–Trinajstić information content (AvgIpc) is 2.17. The molecule has 0 aliphatic carbocycles. The van der Waals surface area contributed by atoms with E-state index in [1.807, 2.05) is 0 Å². The monoisotopic (exact) mass is 260 g/mol. The summed E-state index contributed by atoms with van der Waals surface area (Å²) in [6.07, 6.45) is 0. The van der Waals surface area contributed by atoms with Crippen LogP contribution in [0.5, 0.6) is 0 Å². The molecule has 0 saturated heterocycles. The zero-order valence-electron chi connectivity index (χ0n) is 6.82. The van der Waals surface area contributed by atoms with Crippen molar-refractivity contribution in [1.29, 1.82) is 0 Å². The second-order valence-electron chi connectivity index (χ2n) is 2.82. The largest absolute Gasteiger partial charge is 0.204 e. The molecular weight excluding hydrogens is 257 g/mol. The molecule has 0 bridgehead atoms. The Hall–Kier alpha value is -1.03. The molecule has 0 amide bonds. The second kappa shape index (κ2) is 3.28. The molecule has 2 rings (SSSR count). The Labute approximate surface area is 86.5 Å². The zero-order chi connectivity index (χ0) is 10.3. The van der Waals surface area contributed by atoms with Gasteiger partial charge >= 0.3 is 0 Å². The van der Waals surface area contributed by atoms with E-state index in [2.05, 4.69) is 15.9 Å². The molecule has 0 N–H and O–H groups in total. The van der Waals surface area contributed by atoms with Crippen LogP contribution in [0.4, 0.5) is 13.2 Å². The van der Waals surface area contributed by atoms with Gasteiger partial charge in [0.2, 0.25) is 0 Å². The van der Waals surface area contributed by atoms with Gasteiger partial charge in [-0.25, -0.2) is 13.2 Å². The van der Waals surface area contributed by atoms with Crippen molar-refractivity contribution in [1.82, 2.24) is 0 Å². The summed E-state index contributed by atoms with van der Waals surface area (Å²) < 4.78 is 39.4. The molecule has 0 aliphatic rings. The molecule has 0 nitrogen and oxygen atoms in total. The topological polar surface area (TPSA) is 0 Å². The van der Waals surface area contributed by atoms with Gasteiger partial charge in [0.25, 0.3) is 0 Å². The van der Waals surface area contributed by atoms with Crippen LogP contribution in [0.25, 0.3) is 10.8 Å². The van der Waals surface area contributed by atoms with Gasteiger partial charge in [-0.05, 0) is 12.1 Å². The Morgan fingerprint density at radius 3 is 2.36 bits per heavy atom. The fraction of sp³-hybridized carbons (Fsp3) is 0. The highest BCUT2D eigenvalue weighted by atomic mass is 79.9. The third-order valence-corrected chi connectivity index (χ3v) is 2.65. The molecule has 0 aromatic heterocycles. The molecule has 2 aromatic carbocycles. The SMILES string of the molecule is Fc1cc2c(Br)cccc2c(F)c1F. The van der Waals surface area contributed by atoms with Gasteiger partial charge in [0.15, 0.2) is 17.5 Å². The van der Waals surface area contributed by atoms with Gasteiger partial charge in [0, 0.05) is 15.2 Å². The summed E-state index contributed by atoms with van der Waals surface area (Å²) in [6, 6.07) is 5.57. The van der Waals surface area contributed by atoms with Crippen LogP contribution in [0.3, 0.4) is 0 Å². The van der Waals surface area contributed by atoms with E-state index in [0.29, 0.717) is 9.86 Å². The highest BCUT2D eigenvalue weighted by molar-refractivity contribution is 9.10. The minimum Gasteiger partial charge on any atom is -0.204 e. The van der Waals surface area contributed by atoms with E-state index in [9.17, 15) is 13.2 Å². The molecule has 0 spiro atoms. The maximum Gasteiger partial charge on any atom is 0.195 e. The van der Waals surface area contributed by atoms with Gasteiger partial charge in [-0.2, -0.15) is 0 Å². The van der Waals surface area contributed by atoms with Crippen LogP contribution < -0.4 is 0 Å². The Kier molecular flexibility index (Phi) is 2.23. The number of benzene rings is 2. The molecule has 14 heavy (non-hydrogen) atoms. The van der Waals surface area contributed by atoms with E-state index in [1.165, 1.54) is 6.07 Å². The smallest absolute Gasteiger partial charge is 0.195 e. The summed E-state index contributed by atoms with van der Waals surface area (Å²) in [5.41, 5.74) is 0. The van der Waals surface area contributed by atoms with Crippen molar-refractivity contribution in [3.63, 3.8) is 0 Å². The lowest BCUT2D eigenvalue weighted by atomic mass is 10.1. The minimum atomic E-state index is -1.43. The van der Waals surface area contributed by atoms with Crippen molar-refractivity contribution >= 4 is 26.7 Å². The molecular formula is C10H4BrF3. The Bertz CT molecular complexity index is 508. The number of hydrogen-bond donors (Lipinski definition) is 0. The van der Waals surface area contributed by atoms with Crippen molar-refractivity contribution in [3.8, 4) is 0 Å². The molecule has 0 heterocycles. The number of halogens is 4. The first-order valence-corrected chi connectivity index (χ1v) is 4.62. The van der Waals surface area contributed by atoms with E-state index >= 15 is 0 Å². The maximum atomic E-state index is 13.2. The van der Waals surface area contributed by atoms with E-state index in [1.54, 1.807) is 12.1 Å². The van der Waals surface area contributed by atoms with Crippen molar-refractivity contribution in [2.75, 3.05) is 0 Å². The van der Waals surface area contributed by atoms with E-state index in [4.69, 9.17) is 0 Å². The normalized spacial score (nSPS) is 10.9. The maximum absolute atomic E-state index is 13.2. The molecule has 0 aliphatic heterocycles. The molecule has 0 saturated carbocycles. The Balaban J connectivity index is 2.98. The highest BCUT2D eigenvalue weighted by Gasteiger charge is 2.14. The average molecular weight is 261 g/mol. The van der Waals surface area contributed by atoms with E-state index < -0.39 is 17.5 Å². The molecule has 0 atom stereocenters. The summed E-state index contributed by atoms with van der Waals surface area (Å²) in [5, 5.41) is 0.391. The number of fused-ring (bicyclic) bond motifs is 1. The second-order valence-corrected chi connectivity index (χ2v) is 3.68. The zero-order valence-corrected chi connectivity index (χ0v) is 8.41. The van der Waals surface area contributed by atoms with Gasteiger partial charge < -0.3 is 0 Å². The van der Waals surface area contributed by atoms with Crippen molar-refractivity contribution in [2.24, 2.45) is 0 Å². The highest BCUT2D eigenvalue weighted by Crippen LogP contribution is 2.28. The number of rotatable bonds is 0. The summed E-state index contributed by atoms with van der Waals surface area (Å²) >= 11 is 3.13. The van der Waals surface area contributed by atoms with Crippen LogP contribution in [0.15, 0.2) is 28.7 Å². The summed E-state index contributed by atoms with van der Waals surface area (Å²) in [5.74, 6) is -3.76. The Morgan fingerprint density at radius 1 is 0.929 bits per heavy atom. The summed E-state index contributed by atoms with van der Waals surface area (Å²) in [7, 11) is 0. The van der Waals surface area contributed by atoms with Crippen LogP contribution in [-0.4, -0.2) is 0 Å². The fourth-order valence-electron chi connectivity index (χ4n) is 1.29. The quantitative estimate of drug-likeness (QED) is 0.628. The summed E-state index contributed by atoms with van der Waals surface area (Å²) in [6.45, 7) is 0. The lowest BCUT2D eigenvalue weighted by molar-refractivity contribution is 0.453. The molecule has 0 fully saturated rings. The van der Waals surface area contributed by atoms with Crippen molar-refractivity contribution in [3.05, 3.63) is 46.2 Å².